The van der Waals surface area contributed by atoms with Gasteiger partial charge in [-0.25, -0.2) is 0 Å². The molecular weight excluding hydrogens is 248 g/mol. The van der Waals surface area contributed by atoms with Gasteiger partial charge in [0.1, 0.15) is 0 Å². The van der Waals surface area contributed by atoms with Gasteiger partial charge in [-0.2, -0.15) is 8.42 Å². The summed E-state index contributed by atoms with van der Waals surface area (Å²) in [5.74, 6) is -0.0182. The van der Waals surface area contributed by atoms with Crippen molar-refractivity contribution in [2.24, 2.45) is 4.40 Å². The smallest absolute Gasteiger partial charge is 0.284 e. The van der Waals surface area contributed by atoms with Crippen LogP contribution in [0.3, 0.4) is 0 Å². The number of benzene rings is 1. The van der Waals surface area contributed by atoms with Crippen molar-refractivity contribution in [2.45, 2.75) is 4.90 Å². The van der Waals surface area contributed by atoms with Gasteiger partial charge in [-0.3, -0.25) is 4.79 Å². The second-order valence-corrected chi connectivity index (χ2v) is 5.59. The molecule has 1 heterocycles. The van der Waals surface area contributed by atoms with Gasteiger partial charge in [0, 0.05) is 0 Å². The fourth-order valence-electron chi connectivity index (χ4n) is 1.13. The molecule has 5 nitrogen and oxygen atoms in total. The maximum absolute atomic E-state index is 11.7. The highest BCUT2D eigenvalue weighted by Gasteiger charge is 2.20. The van der Waals surface area contributed by atoms with Crippen molar-refractivity contribution >= 4 is 32.9 Å². The minimum atomic E-state index is -3.71. The maximum atomic E-state index is 11.7. The maximum Gasteiger partial charge on any atom is 0.284 e. The molecular formula is C9H8N2O3S2. The average molecular weight is 256 g/mol. The van der Waals surface area contributed by atoms with Crippen LogP contribution in [0.4, 0.5) is 0 Å². The predicted molar refractivity (Wildman–Crippen MR) is 61.7 cm³/mol. The topological polar surface area (TPSA) is 75.6 Å². The van der Waals surface area contributed by atoms with Gasteiger partial charge in [-0.15, -0.1) is 4.40 Å². The number of thioether (sulfide) groups is 1. The van der Waals surface area contributed by atoms with E-state index in [1.165, 1.54) is 12.1 Å². The highest BCUT2D eigenvalue weighted by molar-refractivity contribution is 8.15. The summed E-state index contributed by atoms with van der Waals surface area (Å²) in [6, 6.07) is 7.88. The first kappa shape index (κ1) is 11.2. The second-order valence-electron chi connectivity index (χ2n) is 3.02. The van der Waals surface area contributed by atoms with Gasteiger partial charge in [-0.05, 0) is 12.1 Å². The summed E-state index contributed by atoms with van der Waals surface area (Å²) in [6.45, 7) is 0. The van der Waals surface area contributed by atoms with Crippen molar-refractivity contribution in [1.29, 1.82) is 0 Å². The van der Waals surface area contributed by atoms with Gasteiger partial charge in [0.05, 0.1) is 10.6 Å². The molecule has 16 heavy (non-hydrogen) atoms. The molecule has 1 saturated heterocycles. The van der Waals surface area contributed by atoms with Gasteiger partial charge < -0.3 is 5.32 Å². The van der Waals surface area contributed by atoms with Gasteiger partial charge in [0.25, 0.3) is 10.0 Å². The normalized spacial score (nSPS) is 18.8. The fraction of sp³-hybridized carbons (Fsp3) is 0.111. The van der Waals surface area contributed by atoms with Crippen molar-refractivity contribution in [1.82, 2.24) is 5.32 Å². The van der Waals surface area contributed by atoms with E-state index in [1.54, 1.807) is 18.2 Å². The summed E-state index contributed by atoms with van der Waals surface area (Å²) in [5, 5.41) is 2.51. The predicted octanol–water partition coefficient (Wildman–Crippen LogP) is 0.594. The quantitative estimate of drug-likeness (QED) is 0.840. The molecule has 0 saturated carbocycles. The fourth-order valence-corrected chi connectivity index (χ4v) is 3.03. The van der Waals surface area contributed by atoms with Gasteiger partial charge in [0.2, 0.25) is 5.91 Å². The molecule has 1 aliphatic heterocycles. The molecule has 0 bridgehead atoms. The number of carbonyl (C=O) groups excluding carboxylic acids is 1. The van der Waals surface area contributed by atoms with Crippen molar-refractivity contribution in [3.05, 3.63) is 30.3 Å². The molecule has 1 aromatic rings. The van der Waals surface area contributed by atoms with Crippen LogP contribution in [0, 0.1) is 0 Å². The second kappa shape index (κ2) is 4.26. The van der Waals surface area contributed by atoms with Crippen LogP contribution in [-0.4, -0.2) is 25.2 Å². The lowest BCUT2D eigenvalue weighted by Crippen LogP contribution is -2.21. The van der Waals surface area contributed by atoms with Crippen molar-refractivity contribution < 1.29 is 13.2 Å². The Kier molecular flexibility index (Phi) is 2.97. The number of hydrogen-bond donors (Lipinski definition) is 1. The first-order valence-electron chi connectivity index (χ1n) is 4.40. The van der Waals surface area contributed by atoms with E-state index in [0.717, 1.165) is 11.8 Å². The lowest BCUT2D eigenvalue weighted by Gasteiger charge is -1.99. The van der Waals surface area contributed by atoms with E-state index in [9.17, 15) is 13.2 Å². The number of amides is 1. The van der Waals surface area contributed by atoms with Crippen LogP contribution in [-0.2, 0) is 14.8 Å². The Morgan fingerprint density at radius 2 is 1.94 bits per heavy atom. The molecule has 1 aliphatic rings. The van der Waals surface area contributed by atoms with Crippen molar-refractivity contribution in [3.63, 3.8) is 0 Å². The van der Waals surface area contributed by atoms with Crippen LogP contribution in [0.1, 0.15) is 0 Å². The van der Waals surface area contributed by atoms with E-state index in [2.05, 4.69) is 9.71 Å². The van der Waals surface area contributed by atoms with Crippen LogP contribution in [0.2, 0.25) is 0 Å². The minimum absolute atomic E-state index is 0.115. The Morgan fingerprint density at radius 1 is 1.25 bits per heavy atom. The Morgan fingerprint density at radius 3 is 2.50 bits per heavy atom. The van der Waals surface area contributed by atoms with E-state index in [-0.39, 0.29) is 21.7 Å². The number of rotatable bonds is 2. The largest absolute Gasteiger partial charge is 0.304 e. The summed E-state index contributed by atoms with van der Waals surface area (Å²) >= 11 is 1.08. The summed E-state index contributed by atoms with van der Waals surface area (Å²) in [5.41, 5.74) is 0. The van der Waals surface area contributed by atoms with Crippen LogP contribution < -0.4 is 5.32 Å². The number of hydrogen-bond acceptors (Lipinski definition) is 4. The molecule has 1 amide bonds. The highest BCUT2D eigenvalue weighted by Crippen LogP contribution is 2.16. The number of amidine groups is 1. The van der Waals surface area contributed by atoms with E-state index >= 15 is 0 Å². The van der Waals surface area contributed by atoms with Gasteiger partial charge in [0.15, 0.2) is 5.17 Å². The summed E-state index contributed by atoms with van der Waals surface area (Å²) in [4.78, 5) is 11.0. The Hall–Kier alpha value is -1.34. The Bertz CT molecular complexity index is 537. The zero-order valence-electron chi connectivity index (χ0n) is 8.08. The lowest BCUT2D eigenvalue weighted by atomic mass is 10.4. The van der Waals surface area contributed by atoms with E-state index in [1.807, 2.05) is 0 Å². The van der Waals surface area contributed by atoms with Gasteiger partial charge >= 0.3 is 0 Å². The third kappa shape index (κ3) is 2.42. The summed E-state index contributed by atoms with van der Waals surface area (Å²) < 4.78 is 27.0. The Labute approximate surface area is 97.0 Å². The molecule has 0 spiro atoms. The highest BCUT2D eigenvalue weighted by atomic mass is 32.2. The lowest BCUT2D eigenvalue weighted by molar-refractivity contribution is -0.116. The molecule has 84 valence electrons. The molecule has 0 atom stereocenters. The minimum Gasteiger partial charge on any atom is -0.304 e. The van der Waals surface area contributed by atoms with E-state index in [4.69, 9.17) is 0 Å². The molecule has 1 N–H and O–H groups in total. The average Bonchev–Trinajstić information content (AvgIpc) is 2.64. The number of sulfonamides is 1. The molecule has 1 fully saturated rings. The monoisotopic (exact) mass is 256 g/mol. The number of carbonyl (C=O) groups is 1. The molecule has 0 unspecified atom stereocenters. The first-order chi connectivity index (χ1) is 7.58. The van der Waals surface area contributed by atoms with E-state index < -0.39 is 10.0 Å². The van der Waals surface area contributed by atoms with Crippen LogP contribution in [0.15, 0.2) is 39.6 Å². The number of nitrogens with one attached hydrogen (secondary N) is 1. The third-order valence-corrected chi connectivity index (χ3v) is 4.11. The zero-order valence-corrected chi connectivity index (χ0v) is 9.72. The zero-order chi connectivity index (χ0) is 11.6. The molecule has 0 aromatic heterocycles. The molecule has 7 heteroatoms. The third-order valence-electron chi connectivity index (χ3n) is 1.83. The molecule has 0 aliphatic carbocycles. The van der Waals surface area contributed by atoms with Crippen molar-refractivity contribution in [3.8, 4) is 0 Å². The van der Waals surface area contributed by atoms with Gasteiger partial charge in [-0.1, -0.05) is 30.0 Å². The van der Waals surface area contributed by atoms with Crippen LogP contribution >= 0.6 is 11.8 Å². The SMILES string of the molecule is O=C1CS/C(=N/S(=O)(=O)c2ccccc2)N1. The first-order valence-corrected chi connectivity index (χ1v) is 6.83. The standard InChI is InChI=1S/C9H8N2O3S2/c12-8-6-15-9(10-8)11-16(13,14)7-4-2-1-3-5-7/h1-5H,6H2,(H,10,11,12). The molecule has 1 aromatic carbocycles. The summed E-state index contributed by atoms with van der Waals surface area (Å²) in [6.07, 6.45) is 0. The molecule has 0 radical (unpaired) electrons. The number of nitrogens with zero attached hydrogens (tertiary/aromatic N) is 1. The summed E-state index contributed by atoms with van der Waals surface area (Å²) in [7, 11) is -3.71. The molecule has 2 rings (SSSR count). The van der Waals surface area contributed by atoms with E-state index in [0.29, 0.717) is 0 Å². The van der Waals surface area contributed by atoms with Crippen LogP contribution in [0.5, 0.6) is 0 Å². The Balaban J connectivity index is 2.31. The van der Waals surface area contributed by atoms with Crippen LogP contribution in [0.25, 0.3) is 0 Å². The van der Waals surface area contributed by atoms with Crippen molar-refractivity contribution in [2.75, 3.05) is 5.75 Å².